The van der Waals surface area contributed by atoms with Gasteiger partial charge in [0.25, 0.3) is 5.91 Å². The molecule has 22 heavy (non-hydrogen) atoms. The standard InChI is InChI=1S/C15H22N2O4S/c1-3-21-14-8-6-12(7-9-14)15(18)17-10-4-5-13(11-17)16-22(2,19)20/h6-9,13,16H,3-5,10-11H2,1-2H3. The summed E-state index contributed by atoms with van der Waals surface area (Å²) in [6, 6.07) is 6.80. The van der Waals surface area contributed by atoms with Crippen molar-refractivity contribution in [2.75, 3.05) is 26.0 Å². The summed E-state index contributed by atoms with van der Waals surface area (Å²) >= 11 is 0. The average Bonchev–Trinajstić information content (AvgIpc) is 2.46. The van der Waals surface area contributed by atoms with Crippen LogP contribution in [0.25, 0.3) is 0 Å². The van der Waals surface area contributed by atoms with Crippen LogP contribution in [0.3, 0.4) is 0 Å². The third kappa shape index (κ3) is 4.71. The highest BCUT2D eigenvalue weighted by atomic mass is 32.2. The van der Waals surface area contributed by atoms with Gasteiger partial charge in [-0.1, -0.05) is 0 Å². The summed E-state index contributed by atoms with van der Waals surface area (Å²) in [6.07, 6.45) is 2.68. The van der Waals surface area contributed by atoms with Gasteiger partial charge in [0.05, 0.1) is 12.9 Å². The highest BCUT2D eigenvalue weighted by molar-refractivity contribution is 7.88. The highest BCUT2D eigenvalue weighted by Crippen LogP contribution is 2.17. The van der Waals surface area contributed by atoms with Crippen molar-refractivity contribution >= 4 is 15.9 Å². The molecule has 1 heterocycles. The molecule has 0 aromatic heterocycles. The fourth-order valence-electron chi connectivity index (χ4n) is 2.60. The monoisotopic (exact) mass is 326 g/mol. The van der Waals surface area contributed by atoms with Gasteiger partial charge in [0.2, 0.25) is 10.0 Å². The van der Waals surface area contributed by atoms with Gasteiger partial charge < -0.3 is 9.64 Å². The first kappa shape index (κ1) is 16.8. The summed E-state index contributed by atoms with van der Waals surface area (Å²) in [5.74, 6) is 0.650. The van der Waals surface area contributed by atoms with Crippen LogP contribution in [0, 0.1) is 0 Å². The van der Waals surface area contributed by atoms with Crippen LogP contribution in [0.1, 0.15) is 30.1 Å². The van der Waals surface area contributed by atoms with Gasteiger partial charge in [-0.05, 0) is 44.0 Å². The van der Waals surface area contributed by atoms with E-state index in [0.29, 0.717) is 25.3 Å². The zero-order chi connectivity index (χ0) is 16.2. The first-order valence-corrected chi connectivity index (χ1v) is 9.27. The van der Waals surface area contributed by atoms with Crippen LogP contribution in [0.15, 0.2) is 24.3 Å². The van der Waals surface area contributed by atoms with Crippen molar-refractivity contribution in [2.45, 2.75) is 25.8 Å². The second kappa shape index (κ2) is 7.11. The average molecular weight is 326 g/mol. The van der Waals surface area contributed by atoms with Gasteiger partial charge in [0, 0.05) is 24.7 Å². The van der Waals surface area contributed by atoms with Crippen molar-refractivity contribution in [1.29, 1.82) is 0 Å². The van der Waals surface area contributed by atoms with Crippen molar-refractivity contribution in [2.24, 2.45) is 0 Å². The Morgan fingerprint density at radius 2 is 2.05 bits per heavy atom. The van der Waals surface area contributed by atoms with E-state index in [2.05, 4.69) is 4.72 Å². The Hall–Kier alpha value is -1.60. The minimum Gasteiger partial charge on any atom is -0.494 e. The van der Waals surface area contributed by atoms with Crippen LogP contribution < -0.4 is 9.46 Å². The minimum atomic E-state index is -3.25. The van der Waals surface area contributed by atoms with Gasteiger partial charge in [-0.2, -0.15) is 0 Å². The van der Waals surface area contributed by atoms with E-state index in [1.165, 1.54) is 0 Å². The molecule has 1 aliphatic heterocycles. The number of likely N-dealkylation sites (tertiary alicyclic amines) is 1. The van der Waals surface area contributed by atoms with E-state index in [1.54, 1.807) is 29.2 Å². The lowest BCUT2D eigenvalue weighted by Crippen LogP contribution is -2.49. The lowest BCUT2D eigenvalue weighted by Gasteiger charge is -2.32. The fraction of sp³-hybridized carbons (Fsp3) is 0.533. The Morgan fingerprint density at radius 1 is 1.36 bits per heavy atom. The molecule has 122 valence electrons. The van der Waals surface area contributed by atoms with Crippen molar-refractivity contribution < 1.29 is 17.9 Å². The molecule has 0 radical (unpaired) electrons. The molecule has 1 saturated heterocycles. The Morgan fingerprint density at radius 3 is 2.64 bits per heavy atom. The predicted molar refractivity (Wildman–Crippen MR) is 84.5 cm³/mol. The summed E-state index contributed by atoms with van der Waals surface area (Å²) < 4.78 is 30.6. The van der Waals surface area contributed by atoms with Crippen molar-refractivity contribution in [3.8, 4) is 5.75 Å². The second-order valence-electron chi connectivity index (χ2n) is 5.44. The van der Waals surface area contributed by atoms with E-state index in [0.717, 1.165) is 24.8 Å². The third-order valence-corrected chi connectivity index (χ3v) is 4.26. The third-order valence-electron chi connectivity index (χ3n) is 3.50. The first-order valence-electron chi connectivity index (χ1n) is 7.38. The molecule has 0 bridgehead atoms. The molecule has 1 fully saturated rings. The molecular weight excluding hydrogens is 304 g/mol. The Kier molecular flexibility index (Phi) is 5.42. The van der Waals surface area contributed by atoms with Gasteiger partial charge in [0.15, 0.2) is 0 Å². The second-order valence-corrected chi connectivity index (χ2v) is 7.22. The van der Waals surface area contributed by atoms with E-state index >= 15 is 0 Å². The number of carbonyl (C=O) groups excluding carboxylic acids is 1. The number of sulfonamides is 1. The molecule has 2 rings (SSSR count). The smallest absolute Gasteiger partial charge is 0.253 e. The van der Waals surface area contributed by atoms with Crippen LogP contribution in [-0.2, 0) is 10.0 Å². The van der Waals surface area contributed by atoms with Crippen molar-refractivity contribution in [1.82, 2.24) is 9.62 Å². The number of nitrogens with one attached hydrogen (secondary N) is 1. The molecule has 1 aromatic carbocycles. The molecule has 1 aromatic rings. The number of piperidine rings is 1. The molecule has 1 unspecified atom stereocenters. The van der Waals surface area contributed by atoms with Gasteiger partial charge in [-0.25, -0.2) is 13.1 Å². The number of ether oxygens (including phenoxy) is 1. The van der Waals surface area contributed by atoms with Gasteiger partial charge in [-0.3, -0.25) is 4.79 Å². The number of amides is 1. The molecule has 1 aliphatic rings. The summed E-state index contributed by atoms with van der Waals surface area (Å²) in [6.45, 7) is 3.53. The van der Waals surface area contributed by atoms with Gasteiger partial charge in [0.1, 0.15) is 5.75 Å². The first-order chi connectivity index (χ1) is 10.4. The molecule has 1 N–H and O–H groups in total. The van der Waals surface area contributed by atoms with E-state index < -0.39 is 10.0 Å². The van der Waals surface area contributed by atoms with E-state index in [1.807, 2.05) is 6.92 Å². The normalized spacial score (nSPS) is 19.0. The number of rotatable bonds is 5. The largest absolute Gasteiger partial charge is 0.494 e. The van der Waals surface area contributed by atoms with Crippen molar-refractivity contribution in [3.63, 3.8) is 0 Å². The predicted octanol–water partition coefficient (Wildman–Crippen LogP) is 1.24. The van der Waals surface area contributed by atoms with Crippen LogP contribution in [0.2, 0.25) is 0 Å². The SMILES string of the molecule is CCOc1ccc(C(=O)N2CCCC(NS(C)(=O)=O)C2)cc1. The lowest BCUT2D eigenvalue weighted by molar-refractivity contribution is 0.0703. The number of benzene rings is 1. The zero-order valence-electron chi connectivity index (χ0n) is 12.9. The Bertz CT molecular complexity index is 613. The van der Waals surface area contributed by atoms with Crippen LogP contribution in [-0.4, -0.2) is 51.2 Å². The van der Waals surface area contributed by atoms with Gasteiger partial charge in [-0.15, -0.1) is 0 Å². The Labute approximate surface area is 131 Å². The highest BCUT2D eigenvalue weighted by Gasteiger charge is 2.26. The lowest BCUT2D eigenvalue weighted by atomic mass is 10.1. The summed E-state index contributed by atoms with van der Waals surface area (Å²) in [7, 11) is -3.25. The van der Waals surface area contributed by atoms with Crippen molar-refractivity contribution in [3.05, 3.63) is 29.8 Å². The molecule has 1 amide bonds. The minimum absolute atomic E-state index is 0.0805. The van der Waals surface area contributed by atoms with Gasteiger partial charge >= 0.3 is 0 Å². The maximum atomic E-state index is 12.5. The van der Waals surface area contributed by atoms with Crippen LogP contribution >= 0.6 is 0 Å². The quantitative estimate of drug-likeness (QED) is 0.883. The topological polar surface area (TPSA) is 75.7 Å². The molecule has 6 nitrogen and oxygen atoms in total. The van der Waals surface area contributed by atoms with Crippen LogP contribution in [0.4, 0.5) is 0 Å². The van der Waals surface area contributed by atoms with Crippen LogP contribution in [0.5, 0.6) is 5.75 Å². The molecule has 0 spiro atoms. The fourth-order valence-corrected chi connectivity index (χ4v) is 3.40. The summed E-state index contributed by atoms with van der Waals surface area (Å²) in [4.78, 5) is 14.2. The van der Waals surface area contributed by atoms with E-state index in [-0.39, 0.29) is 11.9 Å². The number of carbonyl (C=O) groups is 1. The Balaban J connectivity index is 2.02. The number of hydrogen-bond donors (Lipinski definition) is 1. The molecular formula is C15H22N2O4S. The number of nitrogens with zero attached hydrogens (tertiary/aromatic N) is 1. The maximum absolute atomic E-state index is 12.5. The molecule has 0 saturated carbocycles. The number of hydrogen-bond acceptors (Lipinski definition) is 4. The summed E-state index contributed by atoms with van der Waals surface area (Å²) in [5.41, 5.74) is 0.587. The molecule has 1 atom stereocenters. The molecule has 0 aliphatic carbocycles. The summed E-state index contributed by atoms with van der Waals surface area (Å²) in [5, 5.41) is 0. The van der Waals surface area contributed by atoms with E-state index in [4.69, 9.17) is 4.74 Å². The maximum Gasteiger partial charge on any atom is 0.253 e. The zero-order valence-corrected chi connectivity index (χ0v) is 13.7. The molecule has 7 heteroatoms. The van der Waals surface area contributed by atoms with E-state index in [9.17, 15) is 13.2 Å².